The number of nitrogens with two attached hydrogens (primary N) is 1. The first-order chi connectivity index (χ1) is 10.0. The Kier molecular flexibility index (Phi) is 4.14. The summed E-state index contributed by atoms with van der Waals surface area (Å²) in [6.45, 7) is -0.310. The first kappa shape index (κ1) is 14.5. The predicted molar refractivity (Wildman–Crippen MR) is 71.0 cm³/mol. The first-order valence-corrected chi connectivity index (χ1v) is 5.92. The topological polar surface area (TPSA) is 76.1 Å². The maximum atomic E-state index is 13.1. The molecule has 0 aromatic heterocycles. The molecule has 2 aromatic carbocycles. The number of anilines is 1. The van der Waals surface area contributed by atoms with E-state index in [0.29, 0.717) is 0 Å². The van der Waals surface area contributed by atoms with Crippen molar-refractivity contribution in [2.24, 2.45) is 0 Å². The summed E-state index contributed by atoms with van der Waals surface area (Å²) >= 11 is 0. The number of nitriles is 1. The van der Waals surface area contributed by atoms with E-state index in [9.17, 15) is 13.6 Å². The number of carbonyl (C=O) groups is 1. The summed E-state index contributed by atoms with van der Waals surface area (Å²) in [6.07, 6.45) is 0. The Morgan fingerprint density at radius 3 is 2.57 bits per heavy atom. The maximum Gasteiger partial charge on any atom is 0.340 e. The van der Waals surface area contributed by atoms with Crippen LogP contribution in [0, 0.1) is 23.0 Å². The van der Waals surface area contributed by atoms with Crippen LogP contribution in [0.4, 0.5) is 14.5 Å². The van der Waals surface area contributed by atoms with Crippen LogP contribution in [-0.4, -0.2) is 5.97 Å². The monoisotopic (exact) mass is 288 g/mol. The predicted octanol–water partition coefficient (Wildman–Crippen LogP) is 2.78. The number of rotatable bonds is 3. The van der Waals surface area contributed by atoms with Crippen molar-refractivity contribution in [3.63, 3.8) is 0 Å². The highest BCUT2D eigenvalue weighted by Crippen LogP contribution is 2.17. The summed E-state index contributed by atoms with van der Waals surface area (Å²) in [5.41, 5.74) is 5.92. The molecule has 0 radical (unpaired) electrons. The van der Waals surface area contributed by atoms with Crippen molar-refractivity contribution in [3.05, 3.63) is 64.7 Å². The molecule has 4 nitrogen and oxygen atoms in total. The van der Waals surface area contributed by atoms with Crippen LogP contribution in [0.15, 0.2) is 36.4 Å². The fraction of sp³-hybridized carbons (Fsp3) is 0.0667. The van der Waals surface area contributed by atoms with E-state index in [0.717, 1.165) is 24.3 Å². The molecule has 0 atom stereocenters. The molecule has 2 rings (SSSR count). The van der Waals surface area contributed by atoms with Gasteiger partial charge >= 0.3 is 5.97 Å². The van der Waals surface area contributed by atoms with E-state index in [-0.39, 0.29) is 29.0 Å². The molecular weight excluding hydrogens is 278 g/mol. The van der Waals surface area contributed by atoms with E-state index in [1.807, 2.05) is 6.07 Å². The molecule has 0 aliphatic rings. The molecule has 0 unspecified atom stereocenters. The summed E-state index contributed by atoms with van der Waals surface area (Å²) in [5, 5.41) is 8.89. The summed E-state index contributed by atoms with van der Waals surface area (Å²) < 4.78 is 31.2. The van der Waals surface area contributed by atoms with Gasteiger partial charge in [-0.15, -0.1) is 0 Å². The molecule has 2 N–H and O–H groups in total. The zero-order chi connectivity index (χ0) is 15.4. The number of nitrogen functional groups attached to an aromatic ring is 1. The molecular formula is C15H10F2N2O2. The summed E-state index contributed by atoms with van der Waals surface area (Å²) in [5.74, 6) is -2.02. The lowest BCUT2D eigenvalue weighted by molar-refractivity contribution is 0.0473. The minimum absolute atomic E-state index is 0.0705. The number of esters is 1. The van der Waals surface area contributed by atoms with Crippen LogP contribution in [0.25, 0.3) is 0 Å². The highest BCUT2D eigenvalue weighted by atomic mass is 19.1. The van der Waals surface area contributed by atoms with Gasteiger partial charge in [0.15, 0.2) is 0 Å². The fourth-order valence-electron chi connectivity index (χ4n) is 1.72. The molecule has 0 saturated heterocycles. The summed E-state index contributed by atoms with van der Waals surface area (Å²) in [7, 11) is 0. The van der Waals surface area contributed by atoms with Crippen LogP contribution < -0.4 is 5.73 Å². The first-order valence-electron chi connectivity index (χ1n) is 5.92. The third-order valence-corrected chi connectivity index (χ3v) is 2.78. The zero-order valence-electron chi connectivity index (χ0n) is 10.8. The van der Waals surface area contributed by atoms with Gasteiger partial charge in [-0.2, -0.15) is 5.26 Å². The molecule has 0 heterocycles. The van der Waals surface area contributed by atoms with Gasteiger partial charge in [0.2, 0.25) is 0 Å². The maximum absolute atomic E-state index is 13.1. The van der Waals surface area contributed by atoms with E-state index < -0.39 is 17.6 Å². The Hall–Kier alpha value is -2.94. The minimum Gasteiger partial charge on any atom is -0.457 e. The van der Waals surface area contributed by atoms with Crippen molar-refractivity contribution >= 4 is 11.7 Å². The van der Waals surface area contributed by atoms with E-state index in [1.54, 1.807) is 0 Å². The highest BCUT2D eigenvalue weighted by Gasteiger charge is 2.14. The lowest BCUT2D eigenvalue weighted by Gasteiger charge is -2.08. The van der Waals surface area contributed by atoms with Crippen LogP contribution in [0.2, 0.25) is 0 Å². The van der Waals surface area contributed by atoms with Gasteiger partial charge in [0, 0.05) is 11.3 Å². The van der Waals surface area contributed by atoms with E-state index in [2.05, 4.69) is 0 Å². The number of hydrogen-bond acceptors (Lipinski definition) is 4. The molecule has 6 heteroatoms. The molecule has 0 aliphatic carbocycles. The van der Waals surface area contributed by atoms with Crippen molar-refractivity contribution in [2.75, 3.05) is 5.73 Å². The van der Waals surface area contributed by atoms with Gasteiger partial charge in [-0.05, 0) is 36.4 Å². The average Bonchev–Trinajstić information content (AvgIpc) is 2.47. The Balaban J connectivity index is 2.17. The largest absolute Gasteiger partial charge is 0.457 e. The molecule has 0 saturated carbocycles. The molecule has 0 bridgehead atoms. The van der Waals surface area contributed by atoms with Crippen molar-refractivity contribution < 1.29 is 18.3 Å². The van der Waals surface area contributed by atoms with Gasteiger partial charge in [0.25, 0.3) is 0 Å². The van der Waals surface area contributed by atoms with Crippen LogP contribution >= 0.6 is 0 Å². The quantitative estimate of drug-likeness (QED) is 0.696. The second-order valence-corrected chi connectivity index (χ2v) is 4.22. The molecule has 0 fully saturated rings. The number of halogens is 2. The molecule has 0 amide bonds. The Bertz CT molecular complexity index is 739. The Morgan fingerprint density at radius 2 is 1.86 bits per heavy atom. The number of nitrogens with zero attached hydrogens (tertiary/aromatic N) is 1. The Morgan fingerprint density at radius 1 is 1.19 bits per heavy atom. The van der Waals surface area contributed by atoms with Gasteiger partial charge in [0.1, 0.15) is 18.2 Å². The smallest absolute Gasteiger partial charge is 0.340 e. The summed E-state index contributed by atoms with van der Waals surface area (Å²) in [6, 6.07) is 8.70. The van der Waals surface area contributed by atoms with Crippen molar-refractivity contribution in [1.29, 1.82) is 5.26 Å². The SMILES string of the molecule is N#Cc1ccc(F)cc1COC(=O)c1cc(F)ccc1N. The number of hydrogen-bond donors (Lipinski definition) is 1. The lowest BCUT2D eigenvalue weighted by atomic mass is 10.1. The highest BCUT2D eigenvalue weighted by molar-refractivity contribution is 5.95. The van der Waals surface area contributed by atoms with Gasteiger partial charge in [-0.3, -0.25) is 0 Å². The molecule has 106 valence electrons. The number of carbonyl (C=O) groups excluding carboxylic acids is 1. The van der Waals surface area contributed by atoms with Crippen molar-refractivity contribution in [3.8, 4) is 6.07 Å². The molecule has 0 spiro atoms. The molecule has 2 aromatic rings. The third kappa shape index (κ3) is 3.34. The summed E-state index contributed by atoms with van der Waals surface area (Å²) in [4.78, 5) is 11.8. The van der Waals surface area contributed by atoms with Crippen molar-refractivity contribution in [2.45, 2.75) is 6.61 Å². The van der Waals surface area contributed by atoms with Crippen LogP contribution in [0.3, 0.4) is 0 Å². The standard InChI is InChI=1S/C15H10F2N2O2/c16-11-2-1-9(7-18)10(5-11)8-21-15(20)13-6-12(17)3-4-14(13)19/h1-6H,8,19H2. The molecule has 0 aliphatic heterocycles. The molecule has 21 heavy (non-hydrogen) atoms. The second kappa shape index (κ2) is 6.01. The van der Waals surface area contributed by atoms with E-state index >= 15 is 0 Å². The van der Waals surface area contributed by atoms with Gasteiger partial charge < -0.3 is 10.5 Å². The number of ether oxygens (including phenoxy) is 1. The van der Waals surface area contributed by atoms with Gasteiger partial charge in [-0.25, -0.2) is 13.6 Å². The fourth-order valence-corrected chi connectivity index (χ4v) is 1.72. The Labute approximate surface area is 119 Å². The van der Waals surface area contributed by atoms with Crippen molar-refractivity contribution in [1.82, 2.24) is 0 Å². The zero-order valence-corrected chi connectivity index (χ0v) is 10.8. The minimum atomic E-state index is -0.847. The second-order valence-electron chi connectivity index (χ2n) is 4.22. The van der Waals surface area contributed by atoms with Gasteiger partial charge in [0.05, 0.1) is 17.2 Å². The average molecular weight is 288 g/mol. The van der Waals surface area contributed by atoms with E-state index in [1.165, 1.54) is 12.1 Å². The lowest BCUT2D eigenvalue weighted by Crippen LogP contribution is -2.09. The van der Waals surface area contributed by atoms with Crippen LogP contribution in [0.1, 0.15) is 21.5 Å². The van der Waals surface area contributed by atoms with Gasteiger partial charge in [-0.1, -0.05) is 0 Å². The van der Waals surface area contributed by atoms with Crippen LogP contribution in [-0.2, 0) is 11.3 Å². The third-order valence-electron chi connectivity index (χ3n) is 2.78. The van der Waals surface area contributed by atoms with Crippen LogP contribution in [0.5, 0.6) is 0 Å². The normalized spacial score (nSPS) is 9.95. The van der Waals surface area contributed by atoms with E-state index in [4.69, 9.17) is 15.7 Å². The number of benzene rings is 2.